The number of carboxylic acid groups (broad SMARTS) is 1. The van der Waals surface area contributed by atoms with E-state index in [1.807, 2.05) is 16.8 Å². The fourth-order valence-electron chi connectivity index (χ4n) is 3.42. The SMILES string of the molecule is CN1C[C@H]2CN(c3cncc(C(N)=O)n3)C[C@@]2(C(=O)O)C1. The largest absolute Gasteiger partial charge is 0.481 e. The van der Waals surface area contributed by atoms with Gasteiger partial charge in [-0.15, -0.1) is 0 Å². The van der Waals surface area contributed by atoms with Crippen LogP contribution in [-0.4, -0.2) is 65.1 Å². The molecule has 3 rings (SSSR count). The number of nitrogens with two attached hydrogens (primary N) is 1. The molecule has 1 aromatic rings. The second-order valence-electron chi connectivity index (χ2n) is 5.86. The van der Waals surface area contributed by atoms with Gasteiger partial charge in [-0.1, -0.05) is 0 Å². The molecular weight excluding hydrogens is 274 g/mol. The van der Waals surface area contributed by atoms with Gasteiger partial charge < -0.3 is 20.6 Å². The highest BCUT2D eigenvalue weighted by Crippen LogP contribution is 2.43. The minimum atomic E-state index is -0.779. The molecule has 2 saturated heterocycles. The Balaban J connectivity index is 1.89. The van der Waals surface area contributed by atoms with Crippen LogP contribution in [-0.2, 0) is 4.79 Å². The Labute approximate surface area is 121 Å². The van der Waals surface area contributed by atoms with Gasteiger partial charge in [0.15, 0.2) is 0 Å². The summed E-state index contributed by atoms with van der Waals surface area (Å²) in [6.45, 7) is 2.22. The summed E-state index contributed by atoms with van der Waals surface area (Å²) < 4.78 is 0. The first-order valence-electron chi connectivity index (χ1n) is 6.71. The van der Waals surface area contributed by atoms with Crippen LogP contribution in [0.15, 0.2) is 12.4 Å². The van der Waals surface area contributed by atoms with Gasteiger partial charge >= 0.3 is 5.97 Å². The second kappa shape index (κ2) is 4.66. The van der Waals surface area contributed by atoms with Crippen molar-refractivity contribution >= 4 is 17.7 Å². The summed E-state index contributed by atoms with van der Waals surface area (Å²) in [5, 5.41) is 9.64. The minimum Gasteiger partial charge on any atom is -0.481 e. The van der Waals surface area contributed by atoms with E-state index in [-0.39, 0.29) is 11.6 Å². The van der Waals surface area contributed by atoms with Crippen LogP contribution in [0.25, 0.3) is 0 Å². The molecule has 3 heterocycles. The summed E-state index contributed by atoms with van der Waals surface area (Å²) >= 11 is 0. The lowest BCUT2D eigenvalue weighted by Crippen LogP contribution is -2.40. The highest BCUT2D eigenvalue weighted by atomic mass is 16.4. The molecule has 0 spiro atoms. The zero-order chi connectivity index (χ0) is 15.2. The first kappa shape index (κ1) is 13.7. The maximum absolute atomic E-state index is 11.7. The van der Waals surface area contributed by atoms with Crippen molar-refractivity contribution in [2.75, 3.05) is 38.1 Å². The highest BCUT2D eigenvalue weighted by molar-refractivity contribution is 5.90. The number of nitrogens with zero attached hydrogens (tertiary/aromatic N) is 4. The van der Waals surface area contributed by atoms with E-state index < -0.39 is 17.3 Å². The van der Waals surface area contributed by atoms with Crippen molar-refractivity contribution in [3.63, 3.8) is 0 Å². The summed E-state index contributed by atoms with van der Waals surface area (Å²) in [7, 11) is 1.93. The molecule has 0 aromatic carbocycles. The van der Waals surface area contributed by atoms with Crippen LogP contribution in [0.3, 0.4) is 0 Å². The maximum Gasteiger partial charge on any atom is 0.313 e. The van der Waals surface area contributed by atoms with Gasteiger partial charge in [-0.25, -0.2) is 4.98 Å². The Kier molecular flexibility index (Phi) is 3.05. The lowest BCUT2D eigenvalue weighted by atomic mass is 9.81. The smallest absolute Gasteiger partial charge is 0.313 e. The predicted molar refractivity (Wildman–Crippen MR) is 73.8 cm³/mol. The first-order chi connectivity index (χ1) is 9.92. The monoisotopic (exact) mass is 291 g/mol. The number of hydrogen-bond donors (Lipinski definition) is 2. The topological polar surface area (TPSA) is 113 Å². The Morgan fingerprint density at radius 2 is 2.14 bits per heavy atom. The van der Waals surface area contributed by atoms with Crippen molar-refractivity contribution in [3.05, 3.63) is 18.1 Å². The van der Waals surface area contributed by atoms with Gasteiger partial charge in [-0.3, -0.25) is 14.6 Å². The molecule has 2 fully saturated rings. The second-order valence-corrected chi connectivity index (χ2v) is 5.86. The van der Waals surface area contributed by atoms with Crippen LogP contribution < -0.4 is 10.6 Å². The number of carbonyl (C=O) groups is 2. The van der Waals surface area contributed by atoms with E-state index in [9.17, 15) is 14.7 Å². The fraction of sp³-hybridized carbons (Fsp3) is 0.538. The van der Waals surface area contributed by atoms with Gasteiger partial charge in [0.05, 0.1) is 12.4 Å². The molecular formula is C13H17N5O3. The fourth-order valence-corrected chi connectivity index (χ4v) is 3.42. The van der Waals surface area contributed by atoms with Crippen LogP contribution >= 0.6 is 0 Å². The molecule has 2 aliphatic heterocycles. The zero-order valence-corrected chi connectivity index (χ0v) is 11.7. The Bertz CT molecular complexity index is 607. The van der Waals surface area contributed by atoms with Gasteiger partial charge in [0, 0.05) is 32.1 Å². The molecule has 8 nitrogen and oxygen atoms in total. The van der Waals surface area contributed by atoms with Crippen LogP contribution in [0, 0.1) is 11.3 Å². The molecule has 1 aromatic heterocycles. The van der Waals surface area contributed by atoms with Crippen molar-refractivity contribution in [1.29, 1.82) is 0 Å². The summed E-state index contributed by atoms with van der Waals surface area (Å²) in [6, 6.07) is 0. The van der Waals surface area contributed by atoms with E-state index in [0.717, 1.165) is 6.54 Å². The summed E-state index contributed by atoms with van der Waals surface area (Å²) in [6.07, 6.45) is 2.84. The van der Waals surface area contributed by atoms with E-state index in [1.54, 1.807) is 0 Å². The van der Waals surface area contributed by atoms with E-state index in [4.69, 9.17) is 5.73 Å². The molecule has 3 N–H and O–H groups in total. The van der Waals surface area contributed by atoms with Crippen molar-refractivity contribution in [2.45, 2.75) is 0 Å². The molecule has 0 bridgehead atoms. The number of anilines is 1. The molecule has 112 valence electrons. The van der Waals surface area contributed by atoms with Crippen LogP contribution in [0.2, 0.25) is 0 Å². The third kappa shape index (κ3) is 2.11. The van der Waals surface area contributed by atoms with Crippen LogP contribution in [0.1, 0.15) is 10.5 Å². The molecule has 2 aliphatic rings. The predicted octanol–water partition coefficient (Wildman–Crippen LogP) is -0.972. The molecule has 0 radical (unpaired) electrons. The van der Waals surface area contributed by atoms with E-state index in [2.05, 4.69) is 9.97 Å². The third-order valence-corrected chi connectivity index (χ3v) is 4.40. The number of primary amides is 1. The van der Waals surface area contributed by atoms with E-state index in [1.165, 1.54) is 12.4 Å². The van der Waals surface area contributed by atoms with Gasteiger partial charge in [-0.2, -0.15) is 0 Å². The molecule has 1 amide bonds. The van der Waals surface area contributed by atoms with Gasteiger partial charge in [0.2, 0.25) is 0 Å². The number of amides is 1. The van der Waals surface area contributed by atoms with Crippen LogP contribution in [0.5, 0.6) is 0 Å². The molecule has 0 aliphatic carbocycles. The zero-order valence-electron chi connectivity index (χ0n) is 11.7. The Morgan fingerprint density at radius 1 is 1.38 bits per heavy atom. The summed E-state index contributed by atoms with van der Waals surface area (Å²) in [5.41, 5.74) is 4.52. The van der Waals surface area contributed by atoms with Crippen molar-refractivity contribution in [1.82, 2.24) is 14.9 Å². The van der Waals surface area contributed by atoms with Crippen LogP contribution in [0.4, 0.5) is 5.82 Å². The molecule has 2 atom stereocenters. The number of carboxylic acids is 1. The first-order valence-corrected chi connectivity index (χ1v) is 6.71. The third-order valence-electron chi connectivity index (χ3n) is 4.40. The molecule has 21 heavy (non-hydrogen) atoms. The molecule has 0 saturated carbocycles. The van der Waals surface area contributed by atoms with E-state index in [0.29, 0.717) is 25.5 Å². The number of aliphatic carboxylic acids is 1. The number of fused-ring (bicyclic) bond motifs is 1. The van der Waals surface area contributed by atoms with Crippen molar-refractivity contribution < 1.29 is 14.7 Å². The quantitative estimate of drug-likeness (QED) is 0.736. The number of aromatic nitrogens is 2. The summed E-state index contributed by atoms with van der Waals surface area (Å²) in [5.74, 6) is -0.877. The van der Waals surface area contributed by atoms with Gasteiger partial charge in [0.25, 0.3) is 5.91 Å². The number of carbonyl (C=O) groups excluding carboxylic acids is 1. The van der Waals surface area contributed by atoms with E-state index >= 15 is 0 Å². The Hall–Kier alpha value is -2.22. The lowest BCUT2D eigenvalue weighted by Gasteiger charge is -2.24. The standard InChI is InChI=1S/C13H17N5O3/c1-17-4-8-5-18(7-13(8,6-17)12(20)21)10-3-15-2-9(16-10)11(14)19/h2-3,8H,4-7H2,1H3,(H2,14,19)(H,20,21)/t8-,13-/m0/s1. The van der Waals surface area contributed by atoms with Crippen molar-refractivity contribution in [3.8, 4) is 0 Å². The van der Waals surface area contributed by atoms with Gasteiger partial charge in [-0.05, 0) is 7.05 Å². The lowest BCUT2D eigenvalue weighted by molar-refractivity contribution is -0.148. The Morgan fingerprint density at radius 3 is 2.76 bits per heavy atom. The number of likely N-dealkylation sites (tertiary alicyclic amines) is 1. The molecule has 0 unspecified atom stereocenters. The minimum absolute atomic E-state index is 0.0408. The van der Waals surface area contributed by atoms with Crippen molar-refractivity contribution in [2.24, 2.45) is 17.1 Å². The average molecular weight is 291 g/mol. The highest BCUT2D eigenvalue weighted by Gasteiger charge is 2.57. The normalized spacial score (nSPS) is 28.6. The maximum atomic E-state index is 11.7. The average Bonchev–Trinajstić information content (AvgIpc) is 2.92. The number of rotatable bonds is 3. The molecule has 8 heteroatoms. The number of hydrogen-bond acceptors (Lipinski definition) is 6. The van der Waals surface area contributed by atoms with Gasteiger partial charge in [0.1, 0.15) is 16.9 Å². The summed E-state index contributed by atoms with van der Waals surface area (Å²) in [4.78, 5) is 35.0.